The van der Waals surface area contributed by atoms with Crippen LogP contribution in [0.25, 0.3) is 6.08 Å². The fourth-order valence-corrected chi connectivity index (χ4v) is 2.14. The predicted octanol–water partition coefficient (Wildman–Crippen LogP) is 3.54. The number of nitrogens with zero attached hydrogens (tertiary/aromatic N) is 1. The van der Waals surface area contributed by atoms with Crippen LogP contribution in [0, 0.1) is 0 Å². The largest absolute Gasteiger partial charge is 0.494 e. The lowest BCUT2D eigenvalue weighted by molar-refractivity contribution is -0.129. The standard InChI is InChI=1S/C18H18N2O3/c1-2-3-11-22-15-8-6-13(7-9-15)17-20-16(18(21)23-17)12-14-5-4-10-19-14/h4-10,12,19H,2-3,11H2,1H3. The van der Waals surface area contributed by atoms with E-state index in [2.05, 4.69) is 16.9 Å². The Morgan fingerprint density at radius 2 is 2.09 bits per heavy atom. The van der Waals surface area contributed by atoms with E-state index in [1.807, 2.05) is 36.4 Å². The van der Waals surface area contributed by atoms with Crippen molar-refractivity contribution in [3.05, 3.63) is 59.5 Å². The fourth-order valence-electron chi connectivity index (χ4n) is 2.14. The highest BCUT2D eigenvalue weighted by molar-refractivity contribution is 6.12. The summed E-state index contributed by atoms with van der Waals surface area (Å²) in [5.41, 5.74) is 1.84. The minimum absolute atomic E-state index is 0.283. The molecule has 1 aliphatic rings. The molecular weight excluding hydrogens is 292 g/mol. The van der Waals surface area contributed by atoms with Crippen LogP contribution >= 0.6 is 0 Å². The van der Waals surface area contributed by atoms with Gasteiger partial charge in [-0.05, 0) is 48.9 Å². The lowest BCUT2D eigenvalue weighted by atomic mass is 10.2. The summed E-state index contributed by atoms with van der Waals surface area (Å²) < 4.78 is 10.8. The van der Waals surface area contributed by atoms with Crippen molar-refractivity contribution in [1.82, 2.24) is 4.98 Å². The second kappa shape index (κ2) is 6.96. The number of aromatic amines is 1. The Morgan fingerprint density at radius 3 is 2.78 bits per heavy atom. The van der Waals surface area contributed by atoms with E-state index in [9.17, 15) is 4.79 Å². The Labute approximate surface area is 134 Å². The lowest BCUT2D eigenvalue weighted by Gasteiger charge is -2.05. The SMILES string of the molecule is CCCCOc1ccc(C2=NC(=Cc3ccc[nH]3)C(=O)O2)cc1. The van der Waals surface area contributed by atoms with Crippen molar-refractivity contribution >= 4 is 17.9 Å². The maximum absolute atomic E-state index is 11.9. The molecule has 0 spiro atoms. The van der Waals surface area contributed by atoms with Gasteiger partial charge in [0.1, 0.15) is 5.75 Å². The molecule has 0 fully saturated rings. The van der Waals surface area contributed by atoms with Crippen molar-refractivity contribution in [3.8, 4) is 5.75 Å². The number of carbonyl (C=O) groups excluding carboxylic acids is 1. The van der Waals surface area contributed by atoms with Crippen LogP contribution in [0.5, 0.6) is 5.75 Å². The highest BCUT2D eigenvalue weighted by Gasteiger charge is 2.24. The van der Waals surface area contributed by atoms with E-state index in [0.717, 1.165) is 29.8 Å². The van der Waals surface area contributed by atoms with E-state index in [1.165, 1.54) is 0 Å². The molecule has 1 aromatic heterocycles. The van der Waals surface area contributed by atoms with Gasteiger partial charge in [0.2, 0.25) is 5.90 Å². The van der Waals surface area contributed by atoms with E-state index < -0.39 is 5.97 Å². The van der Waals surface area contributed by atoms with Gasteiger partial charge < -0.3 is 14.5 Å². The number of aromatic nitrogens is 1. The van der Waals surface area contributed by atoms with Crippen molar-refractivity contribution < 1.29 is 14.3 Å². The van der Waals surface area contributed by atoms with Crippen LogP contribution in [-0.4, -0.2) is 23.5 Å². The average Bonchev–Trinajstić information content (AvgIpc) is 3.19. The van der Waals surface area contributed by atoms with Crippen LogP contribution in [0.3, 0.4) is 0 Å². The number of hydrogen-bond donors (Lipinski definition) is 1. The number of H-pyrrole nitrogens is 1. The Morgan fingerprint density at radius 1 is 1.26 bits per heavy atom. The van der Waals surface area contributed by atoms with Crippen molar-refractivity contribution in [2.75, 3.05) is 6.61 Å². The smallest absolute Gasteiger partial charge is 0.363 e. The highest BCUT2D eigenvalue weighted by Crippen LogP contribution is 2.20. The third kappa shape index (κ3) is 3.69. The van der Waals surface area contributed by atoms with Crippen LogP contribution in [0.1, 0.15) is 31.0 Å². The zero-order valence-corrected chi connectivity index (χ0v) is 12.9. The highest BCUT2D eigenvalue weighted by atomic mass is 16.6. The molecule has 118 valence electrons. The average molecular weight is 310 g/mol. The maximum Gasteiger partial charge on any atom is 0.363 e. The molecule has 1 aliphatic heterocycles. The summed E-state index contributed by atoms with van der Waals surface area (Å²) in [6.45, 7) is 2.83. The number of unbranched alkanes of at least 4 members (excludes halogenated alkanes) is 1. The molecule has 0 unspecified atom stereocenters. The van der Waals surface area contributed by atoms with Gasteiger partial charge in [0.25, 0.3) is 0 Å². The summed E-state index contributed by atoms with van der Waals surface area (Å²) in [5.74, 6) is 0.667. The van der Waals surface area contributed by atoms with E-state index in [1.54, 1.807) is 12.3 Å². The van der Waals surface area contributed by atoms with Crippen LogP contribution in [0.15, 0.2) is 53.3 Å². The number of esters is 1. The first-order valence-corrected chi connectivity index (χ1v) is 7.65. The van der Waals surface area contributed by atoms with Crippen LogP contribution in [0.4, 0.5) is 0 Å². The van der Waals surface area contributed by atoms with E-state index in [0.29, 0.717) is 12.5 Å². The minimum atomic E-state index is -0.446. The van der Waals surface area contributed by atoms with Crippen molar-refractivity contribution in [2.45, 2.75) is 19.8 Å². The van der Waals surface area contributed by atoms with Gasteiger partial charge in [0.05, 0.1) is 6.61 Å². The second-order valence-electron chi connectivity index (χ2n) is 5.19. The number of nitrogens with one attached hydrogen (secondary N) is 1. The topological polar surface area (TPSA) is 63.7 Å². The molecule has 5 nitrogen and oxygen atoms in total. The first-order chi connectivity index (χ1) is 11.3. The molecule has 0 bridgehead atoms. The first kappa shape index (κ1) is 15.1. The van der Waals surface area contributed by atoms with Crippen molar-refractivity contribution in [3.63, 3.8) is 0 Å². The van der Waals surface area contributed by atoms with Gasteiger partial charge in [-0.15, -0.1) is 0 Å². The molecule has 2 aromatic rings. The Bertz CT molecular complexity index is 728. The molecule has 3 rings (SSSR count). The zero-order chi connectivity index (χ0) is 16.1. The van der Waals surface area contributed by atoms with Crippen LogP contribution < -0.4 is 4.74 Å². The number of cyclic esters (lactones) is 1. The van der Waals surface area contributed by atoms with Gasteiger partial charge in [-0.2, -0.15) is 0 Å². The number of rotatable bonds is 6. The molecule has 5 heteroatoms. The maximum atomic E-state index is 11.9. The van der Waals surface area contributed by atoms with Crippen molar-refractivity contribution in [1.29, 1.82) is 0 Å². The van der Waals surface area contributed by atoms with E-state index in [4.69, 9.17) is 9.47 Å². The molecule has 0 aliphatic carbocycles. The summed E-state index contributed by atoms with van der Waals surface area (Å²) in [7, 11) is 0. The first-order valence-electron chi connectivity index (χ1n) is 7.65. The molecule has 1 aromatic carbocycles. The number of aliphatic imine (C=N–C) groups is 1. The van der Waals surface area contributed by atoms with Gasteiger partial charge in [-0.1, -0.05) is 13.3 Å². The van der Waals surface area contributed by atoms with Gasteiger partial charge in [0.15, 0.2) is 5.70 Å². The molecule has 0 saturated carbocycles. The predicted molar refractivity (Wildman–Crippen MR) is 88.2 cm³/mol. The molecule has 23 heavy (non-hydrogen) atoms. The quantitative estimate of drug-likeness (QED) is 0.504. The number of hydrogen-bond acceptors (Lipinski definition) is 4. The number of ether oxygens (including phenoxy) is 2. The van der Waals surface area contributed by atoms with Gasteiger partial charge in [-0.3, -0.25) is 0 Å². The molecule has 1 N–H and O–H groups in total. The zero-order valence-electron chi connectivity index (χ0n) is 12.9. The van der Waals surface area contributed by atoms with E-state index >= 15 is 0 Å². The molecule has 0 saturated heterocycles. The third-order valence-corrected chi connectivity index (χ3v) is 3.40. The van der Waals surface area contributed by atoms with Gasteiger partial charge >= 0.3 is 5.97 Å². The monoisotopic (exact) mass is 310 g/mol. The number of carbonyl (C=O) groups is 1. The molecule has 0 atom stereocenters. The number of benzene rings is 1. The summed E-state index contributed by atoms with van der Waals surface area (Å²) in [4.78, 5) is 19.1. The molecule has 0 amide bonds. The van der Waals surface area contributed by atoms with Gasteiger partial charge in [0, 0.05) is 17.5 Å². The summed E-state index contributed by atoms with van der Waals surface area (Å²) in [6, 6.07) is 11.1. The Kier molecular flexibility index (Phi) is 4.57. The normalized spacial score (nSPS) is 15.6. The molecular formula is C18H18N2O3. The molecule has 0 radical (unpaired) electrons. The molecule has 2 heterocycles. The van der Waals surface area contributed by atoms with Gasteiger partial charge in [-0.25, -0.2) is 9.79 Å². The summed E-state index contributed by atoms with van der Waals surface area (Å²) >= 11 is 0. The van der Waals surface area contributed by atoms with Crippen LogP contribution in [0.2, 0.25) is 0 Å². The third-order valence-electron chi connectivity index (χ3n) is 3.40. The van der Waals surface area contributed by atoms with Crippen molar-refractivity contribution in [2.24, 2.45) is 4.99 Å². The Balaban J connectivity index is 1.73. The Hall–Kier alpha value is -2.82. The fraction of sp³-hybridized carbons (Fsp3) is 0.222. The summed E-state index contributed by atoms with van der Waals surface area (Å²) in [5, 5.41) is 0. The summed E-state index contributed by atoms with van der Waals surface area (Å²) in [6.07, 6.45) is 5.58. The lowest BCUT2D eigenvalue weighted by Crippen LogP contribution is -2.05. The van der Waals surface area contributed by atoms with E-state index in [-0.39, 0.29) is 5.70 Å². The van der Waals surface area contributed by atoms with Crippen LogP contribution in [-0.2, 0) is 9.53 Å². The minimum Gasteiger partial charge on any atom is -0.494 e. The second-order valence-corrected chi connectivity index (χ2v) is 5.19.